The van der Waals surface area contributed by atoms with Crippen LogP contribution in [0, 0.1) is 0 Å². The first-order chi connectivity index (χ1) is 16.5. The minimum atomic E-state index is -3.82. The molecular weight excluding hydrogens is 452 g/mol. The van der Waals surface area contributed by atoms with Gasteiger partial charge in [-0.1, -0.05) is 24.3 Å². The van der Waals surface area contributed by atoms with E-state index in [-0.39, 0.29) is 4.90 Å². The Hall–Kier alpha value is -4.31. The van der Waals surface area contributed by atoms with Gasteiger partial charge in [-0.2, -0.15) is 9.61 Å². The van der Waals surface area contributed by atoms with Crippen LogP contribution in [0.15, 0.2) is 90.1 Å². The Morgan fingerprint density at radius 1 is 0.912 bits per heavy atom. The van der Waals surface area contributed by atoms with Crippen LogP contribution in [-0.2, 0) is 10.0 Å². The van der Waals surface area contributed by atoms with E-state index in [0.717, 1.165) is 11.1 Å². The molecule has 0 fully saturated rings. The van der Waals surface area contributed by atoms with Crippen LogP contribution in [0.4, 0.5) is 5.69 Å². The lowest BCUT2D eigenvalue weighted by Gasteiger charge is -2.12. The highest BCUT2D eigenvalue weighted by atomic mass is 32.2. The molecule has 0 atom stereocenters. The van der Waals surface area contributed by atoms with Crippen molar-refractivity contribution in [2.24, 2.45) is 0 Å². The van der Waals surface area contributed by atoms with E-state index in [1.54, 1.807) is 66.3 Å². The molecule has 10 heteroatoms. The third-order valence-electron chi connectivity index (χ3n) is 5.05. The predicted octanol–water partition coefficient (Wildman–Crippen LogP) is 4.05. The maximum absolute atomic E-state index is 12.9. The number of hydrogen-bond donors (Lipinski definition) is 1. The van der Waals surface area contributed by atoms with Crippen molar-refractivity contribution in [2.45, 2.75) is 11.8 Å². The van der Waals surface area contributed by atoms with Crippen molar-refractivity contribution in [2.75, 3.05) is 11.3 Å². The zero-order valence-electron chi connectivity index (χ0n) is 18.2. The summed E-state index contributed by atoms with van der Waals surface area (Å²) in [7, 11) is -3.82. The molecule has 170 valence electrons. The number of pyridine rings is 1. The number of benzene rings is 2. The highest BCUT2D eigenvalue weighted by Gasteiger charge is 2.19. The van der Waals surface area contributed by atoms with Gasteiger partial charge in [0, 0.05) is 29.2 Å². The summed E-state index contributed by atoms with van der Waals surface area (Å²) < 4.78 is 35.6. The van der Waals surface area contributed by atoms with Gasteiger partial charge in [0.25, 0.3) is 10.0 Å². The van der Waals surface area contributed by atoms with Crippen molar-refractivity contribution >= 4 is 21.4 Å². The Labute approximate surface area is 196 Å². The third kappa shape index (κ3) is 4.18. The summed E-state index contributed by atoms with van der Waals surface area (Å²) in [5, 5.41) is 13.1. The molecule has 5 aromatic rings. The Morgan fingerprint density at radius 2 is 1.74 bits per heavy atom. The first-order valence-corrected chi connectivity index (χ1v) is 12.0. The number of anilines is 1. The van der Waals surface area contributed by atoms with E-state index < -0.39 is 10.0 Å². The van der Waals surface area contributed by atoms with Crippen LogP contribution in [0.5, 0.6) is 5.75 Å². The number of nitrogens with zero attached hydrogens (tertiary/aromatic N) is 5. The molecule has 0 amide bonds. The number of nitrogens with one attached hydrogen (secondary N) is 1. The van der Waals surface area contributed by atoms with E-state index in [1.165, 1.54) is 6.07 Å². The zero-order chi connectivity index (χ0) is 23.5. The highest BCUT2D eigenvalue weighted by Crippen LogP contribution is 2.27. The van der Waals surface area contributed by atoms with E-state index >= 15 is 0 Å². The van der Waals surface area contributed by atoms with E-state index in [9.17, 15) is 8.42 Å². The van der Waals surface area contributed by atoms with E-state index in [1.807, 2.05) is 24.3 Å². The van der Waals surface area contributed by atoms with Crippen molar-refractivity contribution in [1.82, 2.24) is 24.8 Å². The quantitative estimate of drug-likeness (QED) is 0.380. The summed E-state index contributed by atoms with van der Waals surface area (Å²) in [6, 6.07) is 20.9. The second kappa shape index (κ2) is 8.91. The van der Waals surface area contributed by atoms with Crippen LogP contribution in [0.2, 0.25) is 0 Å². The monoisotopic (exact) mass is 472 g/mol. The van der Waals surface area contributed by atoms with Gasteiger partial charge in [-0.3, -0.25) is 9.71 Å². The van der Waals surface area contributed by atoms with Gasteiger partial charge in [-0.15, -0.1) is 10.2 Å². The fourth-order valence-electron chi connectivity index (χ4n) is 3.48. The van der Waals surface area contributed by atoms with Crippen LogP contribution in [0.3, 0.4) is 0 Å². The second-order valence-corrected chi connectivity index (χ2v) is 8.97. The van der Waals surface area contributed by atoms with Gasteiger partial charge in [0.1, 0.15) is 10.6 Å². The number of aromatic nitrogens is 5. The minimum Gasteiger partial charge on any atom is -0.492 e. The lowest BCUT2D eigenvalue weighted by Crippen LogP contribution is -2.14. The molecule has 0 saturated heterocycles. The molecule has 3 heterocycles. The molecule has 0 saturated carbocycles. The minimum absolute atomic E-state index is 0.0867. The summed E-state index contributed by atoms with van der Waals surface area (Å²) in [4.78, 5) is 4.22. The molecule has 3 aromatic heterocycles. The molecular formula is C24H20N6O3S. The average Bonchev–Trinajstić information content (AvgIpc) is 3.29. The molecule has 0 unspecified atom stereocenters. The van der Waals surface area contributed by atoms with Crippen LogP contribution in [0.25, 0.3) is 28.3 Å². The number of para-hydroxylation sites is 1. The Bertz CT molecular complexity index is 1550. The van der Waals surface area contributed by atoms with Crippen molar-refractivity contribution in [1.29, 1.82) is 0 Å². The summed E-state index contributed by atoms with van der Waals surface area (Å²) in [5.41, 5.74) is 3.34. The molecule has 9 nitrogen and oxygen atoms in total. The third-order valence-corrected chi connectivity index (χ3v) is 6.47. The van der Waals surface area contributed by atoms with Gasteiger partial charge in [-0.25, -0.2) is 8.42 Å². The van der Waals surface area contributed by atoms with Crippen molar-refractivity contribution in [3.05, 3.63) is 85.2 Å². The fourth-order valence-corrected chi connectivity index (χ4v) is 4.69. The van der Waals surface area contributed by atoms with Gasteiger partial charge < -0.3 is 4.74 Å². The molecule has 0 aliphatic heterocycles. The number of sulfonamides is 1. The molecule has 0 bridgehead atoms. The van der Waals surface area contributed by atoms with Gasteiger partial charge in [-0.05, 0) is 55.5 Å². The van der Waals surface area contributed by atoms with Crippen molar-refractivity contribution in [3.8, 4) is 28.4 Å². The normalized spacial score (nSPS) is 11.4. The van der Waals surface area contributed by atoms with Gasteiger partial charge in [0.2, 0.25) is 0 Å². The first kappa shape index (κ1) is 21.5. The van der Waals surface area contributed by atoms with Crippen molar-refractivity contribution in [3.63, 3.8) is 0 Å². The maximum Gasteiger partial charge on any atom is 0.265 e. The molecule has 0 aliphatic carbocycles. The van der Waals surface area contributed by atoms with Gasteiger partial charge in [0.15, 0.2) is 11.5 Å². The highest BCUT2D eigenvalue weighted by molar-refractivity contribution is 7.92. The molecule has 34 heavy (non-hydrogen) atoms. The summed E-state index contributed by atoms with van der Waals surface area (Å²) >= 11 is 0. The summed E-state index contributed by atoms with van der Waals surface area (Å²) in [6.07, 6.45) is 3.40. The molecule has 0 spiro atoms. The van der Waals surface area contributed by atoms with E-state index in [0.29, 0.717) is 35.2 Å². The molecule has 2 aromatic carbocycles. The van der Waals surface area contributed by atoms with Crippen LogP contribution in [-0.4, -0.2) is 39.8 Å². The van der Waals surface area contributed by atoms with Crippen molar-refractivity contribution < 1.29 is 13.2 Å². The smallest absolute Gasteiger partial charge is 0.265 e. The number of hydrogen-bond acceptors (Lipinski definition) is 7. The molecule has 0 radical (unpaired) electrons. The lowest BCUT2D eigenvalue weighted by atomic mass is 10.1. The van der Waals surface area contributed by atoms with Crippen LogP contribution >= 0.6 is 0 Å². The zero-order valence-corrected chi connectivity index (χ0v) is 19.0. The largest absolute Gasteiger partial charge is 0.492 e. The van der Waals surface area contributed by atoms with E-state index in [2.05, 4.69) is 25.0 Å². The SMILES string of the molecule is CCOc1ccccc1S(=O)(=O)Nc1ccc(-c2ccc3nnc(-c4cccnc4)n3n2)cc1. The number of fused-ring (bicyclic) bond motifs is 1. The molecule has 1 N–H and O–H groups in total. The number of ether oxygens (including phenoxy) is 1. The summed E-state index contributed by atoms with van der Waals surface area (Å²) in [6.45, 7) is 2.17. The van der Waals surface area contributed by atoms with Crippen LogP contribution < -0.4 is 9.46 Å². The molecule has 0 aliphatic rings. The Balaban J connectivity index is 1.42. The van der Waals surface area contributed by atoms with Gasteiger partial charge >= 0.3 is 0 Å². The second-order valence-electron chi connectivity index (χ2n) is 7.32. The Kier molecular flexibility index (Phi) is 5.64. The van der Waals surface area contributed by atoms with E-state index in [4.69, 9.17) is 4.74 Å². The van der Waals surface area contributed by atoms with Crippen LogP contribution in [0.1, 0.15) is 6.92 Å². The Morgan fingerprint density at radius 3 is 2.50 bits per heavy atom. The average molecular weight is 473 g/mol. The number of rotatable bonds is 7. The molecule has 5 rings (SSSR count). The summed E-state index contributed by atoms with van der Waals surface area (Å²) in [5.74, 6) is 0.896. The standard InChI is InChI=1S/C24H20N6O3S/c1-2-33-21-7-3-4-8-22(21)34(31,32)29-19-11-9-17(10-12-19)20-13-14-23-26-27-24(30(23)28-20)18-6-5-15-25-16-18/h3-16,29H,2H2,1H3. The lowest BCUT2D eigenvalue weighted by molar-refractivity contribution is 0.331. The topological polar surface area (TPSA) is 111 Å². The predicted molar refractivity (Wildman–Crippen MR) is 128 cm³/mol. The van der Waals surface area contributed by atoms with Gasteiger partial charge in [0.05, 0.1) is 12.3 Å². The fraction of sp³-hybridized carbons (Fsp3) is 0.0833. The maximum atomic E-state index is 12.9. The first-order valence-electron chi connectivity index (χ1n) is 10.5.